The molecule has 1 aromatic rings. The van der Waals surface area contributed by atoms with E-state index >= 15 is 0 Å². The quantitative estimate of drug-likeness (QED) is 0.636. The van der Waals surface area contributed by atoms with Crippen LogP contribution in [-0.4, -0.2) is 30.5 Å². The molecular weight excluding hydrogens is 322 g/mol. The maximum atomic E-state index is 11.7. The highest BCUT2D eigenvalue weighted by Gasteiger charge is 2.39. The summed E-state index contributed by atoms with van der Waals surface area (Å²) in [6.45, 7) is 9.75. The Labute approximate surface area is 148 Å². The summed E-state index contributed by atoms with van der Waals surface area (Å²) in [7, 11) is 0. The summed E-state index contributed by atoms with van der Waals surface area (Å²) in [5.74, 6) is 1.01. The van der Waals surface area contributed by atoms with E-state index in [1.54, 1.807) is 32.9 Å². The predicted molar refractivity (Wildman–Crippen MR) is 93.8 cm³/mol. The SMILES string of the molecule is CC(C)COC(=O)NC1CC1c1ccc(OC(=O)OC(C)(C)C)cc1. The zero-order chi connectivity index (χ0) is 18.6. The minimum Gasteiger partial charge on any atom is -0.449 e. The lowest BCUT2D eigenvalue weighted by atomic mass is 10.1. The average Bonchev–Trinajstić information content (AvgIpc) is 3.23. The largest absolute Gasteiger partial charge is 0.514 e. The minimum atomic E-state index is -0.723. The van der Waals surface area contributed by atoms with Crippen LogP contribution in [0.5, 0.6) is 5.75 Å². The molecule has 1 aliphatic rings. The Morgan fingerprint density at radius 3 is 2.40 bits per heavy atom. The molecule has 0 saturated heterocycles. The normalized spacial score (nSPS) is 19.3. The monoisotopic (exact) mass is 349 g/mol. The van der Waals surface area contributed by atoms with Crippen molar-refractivity contribution in [3.05, 3.63) is 29.8 Å². The van der Waals surface area contributed by atoms with Gasteiger partial charge in [-0.25, -0.2) is 9.59 Å². The van der Waals surface area contributed by atoms with Crippen molar-refractivity contribution in [2.45, 2.75) is 58.6 Å². The van der Waals surface area contributed by atoms with Crippen molar-refractivity contribution in [3.8, 4) is 5.75 Å². The van der Waals surface area contributed by atoms with Crippen molar-refractivity contribution in [2.24, 2.45) is 5.92 Å². The summed E-state index contributed by atoms with van der Waals surface area (Å²) < 4.78 is 15.4. The molecule has 1 aliphatic carbocycles. The van der Waals surface area contributed by atoms with Gasteiger partial charge in [0.15, 0.2) is 0 Å². The summed E-state index contributed by atoms with van der Waals surface area (Å²) in [4.78, 5) is 23.3. The van der Waals surface area contributed by atoms with Crippen molar-refractivity contribution >= 4 is 12.2 Å². The molecule has 0 aromatic heterocycles. The Balaban J connectivity index is 1.79. The van der Waals surface area contributed by atoms with E-state index in [0.717, 1.165) is 12.0 Å². The molecule has 6 heteroatoms. The number of alkyl carbamates (subject to hydrolysis) is 1. The second-order valence-corrected chi connectivity index (χ2v) is 7.72. The van der Waals surface area contributed by atoms with Crippen LogP contribution in [-0.2, 0) is 9.47 Å². The van der Waals surface area contributed by atoms with Crippen LogP contribution < -0.4 is 10.1 Å². The molecule has 25 heavy (non-hydrogen) atoms. The fourth-order valence-electron chi connectivity index (χ4n) is 2.31. The average molecular weight is 349 g/mol. The molecule has 0 radical (unpaired) electrons. The lowest BCUT2D eigenvalue weighted by Crippen LogP contribution is -2.28. The van der Waals surface area contributed by atoms with Crippen LogP contribution >= 0.6 is 0 Å². The molecule has 0 aliphatic heterocycles. The smallest absolute Gasteiger partial charge is 0.449 e. The molecule has 2 rings (SSSR count). The Morgan fingerprint density at radius 1 is 1.20 bits per heavy atom. The molecule has 1 fully saturated rings. The fourth-order valence-corrected chi connectivity index (χ4v) is 2.31. The Morgan fingerprint density at radius 2 is 1.84 bits per heavy atom. The molecular formula is C19H27NO5. The van der Waals surface area contributed by atoms with Gasteiger partial charge >= 0.3 is 12.2 Å². The lowest BCUT2D eigenvalue weighted by molar-refractivity contribution is 0.0206. The van der Waals surface area contributed by atoms with Gasteiger partial charge in [-0.3, -0.25) is 0 Å². The van der Waals surface area contributed by atoms with Gasteiger partial charge in [-0.15, -0.1) is 0 Å². The number of benzene rings is 1. The molecule has 0 spiro atoms. The molecule has 1 amide bonds. The van der Waals surface area contributed by atoms with Gasteiger partial charge in [0.25, 0.3) is 0 Å². The molecule has 1 saturated carbocycles. The van der Waals surface area contributed by atoms with Gasteiger partial charge in [0, 0.05) is 12.0 Å². The van der Waals surface area contributed by atoms with Gasteiger partial charge in [-0.2, -0.15) is 0 Å². The number of nitrogens with one attached hydrogen (secondary N) is 1. The van der Waals surface area contributed by atoms with Crippen molar-refractivity contribution in [3.63, 3.8) is 0 Å². The standard InChI is InChI=1S/C19H27NO5/c1-12(2)11-23-17(21)20-16-10-15(16)13-6-8-14(9-7-13)24-18(22)25-19(3,4)5/h6-9,12,15-16H,10-11H2,1-5H3,(H,20,21). The number of hydrogen-bond acceptors (Lipinski definition) is 5. The Bertz CT molecular complexity index is 603. The van der Waals surface area contributed by atoms with E-state index in [1.807, 2.05) is 26.0 Å². The summed E-state index contributed by atoms with van der Waals surface area (Å²) in [5, 5.41) is 2.86. The highest BCUT2D eigenvalue weighted by Crippen LogP contribution is 2.41. The molecule has 2 unspecified atom stereocenters. The van der Waals surface area contributed by atoms with Crippen LogP contribution in [0.15, 0.2) is 24.3 Å². The Kier molecular flexibility index (Phi) is 5.93. The van der Waals surface area contributed by atoms with Gasteiger partial charge < -0.3 is 19.5 Å². The van der Waals surface area contributed by atoms with Gasteiger partial charge in [0.05, 0.1) is 6.61 Å². The van der Waals surface area contributed by atoms with E-state index in [2.05, 4.69) is 5.32 Å². The number of rotatable bonds is 5. The molecule has 0 heterocycles. The Hall–Kier alpha value is -2.24. The van der Waals surface area contributed by atoms with E-state index in [-0.39, 0.29) is 18.1 Å². The highest BCUT2D eigenvalue weighted by atomic mass is 16.7. The molecule has 2 atom stereocenters. The van der Waals surface area contributed by atoms with Crippen molar-refractivity contribution in [2.75, 3.05) is 6.61 Å². The highest BCUT2D eigenvalue weighted by molar-refractivity contribution is 5.68. The van der Waals surface area contributed by atoms with Gasteiger partial charge in [0.2, 0.25) is 0 Å². The molecule has 138 valence electrons. The first-order chi connectivity index (χ1) is 11.6. The fraction of sp³-hybridized carbons (Fsp3) is 0.579. The van der Waals surface area contributed by atoms with E-state index in [1.165, 1.54) is 0 Å². The van der Waals surface area contributed by atoms with Crippen LogP contribution in [0, 0.1) is 5.92 Å². The van der Waals surface area contributed by atoms with Crippen LogP contribution in [0.1, 0.15) is 52.5 Å². The second-order valence-electron chi connectivity index (χ2n) is 7.72. The maximum Gasteiger partial charge on any atom is 0.514 e. The van der Waals surface area contributed by atoms with Gasteiger partial charge in [0.1, 0.15) is 11.4 Å². The van der Waals surface area contributed by atoms with Gasteiger partial charge in [-0.1, -0.05) is 26.0 Å². The first-order valence-corrected chi connectivity index (χ1v) is 8.58. The van der Waals surface area contributed by atoms with Crippen LogP contribution in [0.25, 0.3) is 0 Å². The summed E-state index contributed by atoms with van der Waals surface area (Å²) in [6.07, 6.45) is -0.214. The predicted octanol–water partition coefficient (Wildman–Crippen LogP) is 4.24. The summed E-state index contributed by atoms with van der Waals surface area (Å²) >= 11 is 0. The number of ether oxygens (including phenoxy) is 3. The minimum absolute atomic E-state index is 0.0947. The molecule has 1 N–H and O–H groups in total. The molecule has 0 bridgehead atoms. The first kappa shape index (κ1) is 19.1. The number of amides is 1. The van der Waals surface area contributed by atoms with Crippen molar-refractivity contribution in [1.29, 1.82) is 0 Å². The number of carbonyl (C=O) groups is 2. The number of hydrogen-bond donors (Lipinski definition) is 1. The van der Waals surface area contributed by atoms with E-state index in [0.29, 0.717) is 18.3 Å². The third-order valence-electron chi connectivity index (χ3n) is 3.54. The maximum absolute atomic E-state index is 11.7. The summed E-state index contributed by atoms with van der Waals surface area (Å²) in [6, 6.07) is 7.34. The second kappa shape index (κ2) is 7.76. The van der Waals surface area contributed by atoms with Crippen molar-refractivity contribution < 1.29 is 23.8 Å². The van der Waals surface area contributed by atoms with Gasteiger partial charge in [-0.05, 0) is 50.8 Å². The third-order valence-corrected chi connectivity index (χ3v) is 3.54. The van der Waals surface area contributed by atoms with E-state index in [4.69, 9.17) is 14.2 Å². The summed E-state index contributed by atoms with van der Waals surface area (Å²) in [5.41, 5.74) is 0.499. The number of carbonyl (C=O) groups excluding carboxylic acids is 2. The third kappa shape index (κ3) is 6.64. The zero-order valence-corrected chi connectivity index (χ0v) is 15.5. The van der Waals surface area contributed by atoms with E-state index in [9.17, 15) is 9.59 Å². The lowest BCUT2D eigenvalue weighted by Gasteiger charge is -2.18. The van der Waals surface area contributed by atoms with Crippen LogP contribution in [0.2, 0.25) is 0 Å². The van der Waals surface area contributed by atoms with E-state index < -0.39 is 11.8 Å². The van der Waals surface area contributed by atoms with Crippen LogP contribution in [0.4, 0.5) is 9.59 Å². The van der Waals surface area contributed by atoms with Crippen LogP contribution in [0.3, 0.4) is 0 Å². The zero-order valence-electron chi connectivity index (χ0n) is 15.5. The first-order valence-electron chi connectivity index (χ1n) is 8.58. The van der Waals surface area contributed by atoms with Crippen molar-refractivity contribution in [1.82, 2.24) is 5.32 Å². The molecule has 6 nitrogen and oxygen atoms in total. The molecule has 1 aromatic carbocycles. The topological polar surface area (TPSA) is 73.9 Å².